The summed E-state index contributed by atoms with van der Waals surface area (Å²) in [5.41, 5.74) is 2.16. The van der Waals surface area contributed by atoms with Gasteiger partial charge in [-0.25, -0.2) is 0 Å². The van der Waals surface area contributed by atoms with Gasteiger partial charge in [0.15, 0.2) is 0 Å². The Morgan fingerprint density at radius 1 is 1.21 bits per heavy atom. The molecule has 100 valence electrons. The van der Waals surface area contributed by atoms with Crippen molar-refractivity contribution in [2.45, 2.75) is 24.8 Å². The number of rotatable bonds is 1. The topological polar surface area (TPSA) is 39.1 Å². The summed E-state index contributed by atoms with van der Waals surface area (Å²) in [5, 5.41) is 13.9. The van der Waals surface area contributed by atoms with Crippen molar-refractivity contribution < 1.29 is 0 Å². The van der Waals surface area contributed by atoms with E-state index >= 15 is 0 Å². The lowest BCUT2D eigenvalue weighted by molar-refractivity contribution is 0.155. The molecule has 1 aliphatic carbocycles. The third-order valence-corrected chi connectivity index (χ3v) is 4.52. The largest absolute Gasteiger partial charge is 0.315 e. The SMILES string of the molecule is N#CC1(N2CCCNCC2)Cc2ccc(Cl)cc2C1. The van der Waals surface area contributed by atoms with Crippen molar-refractivity contribution in [3.8, 4) is 6.07 Å². The monoisotopic (exact) mass is 275 g/mol. The molecule has 0 aromatic heterocycles. The van der Waals surface area contributed by atoms with Gasteiger partial charge in [-0.2, -0.15) is 5.26 Å². The number of fused-ring (bicyclic) bond motifs is 1. The zero-order chi connectivity index (χ0) is 13.3. The third-order valence-electron chi connectivity index (χ3n) is 4.29. The number of benzene rings is 1. The van der Waals surface area contributed by atoms with Gasteiger partial charge in [-0.05, 0) is 36.2 Å². The molecule has 0 bridgehead atoms. The second-order valence-corrected chi connectivity index (χ2v) is 5.94. The molecular formula is C15H18ClN3. The van der Waals surface area contributed by atoms with Crippen molar-refractivity contribution in [2.75, 3.05) is 26.2 Å². The predicted octanol–water partition coefficient (Wildman–Crippen LogP) is 2.00. The number of halogens is 1. The van der Waals surface area contributed by atoms with Crippen LogP contribution in [0.3, 0.4) is 0 Å². The third kappa shape index (κ3) is 2.36. The minimum atomic E-state index is -0.362. The van der Waals surface area contributed by atoms with Gasteiger partial charge in [0.25, 0.3) is 0 Å². The van der Waals surface area contributed by atoms with Crippen LogP contribution >= 0.6 is 11.6 Å². The maximum absolute atomic E-state index is 9.76. The molecule has 1 aromatic carbocycles. The van der Waals surface area contributed by atoms with Crippen LogP contribution in [0.2, 0.25) is 5.02 Å². The molecule has 4 heteroatoms. The van der Waals surface area contributed by atoms with Crippen LogP contribution in [0.25, 0.3) is 0 Å². The number of nitrogens with zero attached hydrogens (tertiary/aromatic N) is 2. The fourth-order valence-electron chi connectivity index (χ4n) is 3.27. The van der Waals surface area contributed by atoms with Crippen LogP contribution in [0.1, 0.15) is 17.5 Å². The standard InChI is InChI=1S/C15H18ClN3/c16-14-3-2-12-9-15(11-17,10-13(12)8-14)19-6-1-4-18-5-7-19/h2-3,8,18H,1,4-7,9-10H2. The summed E-state index contributed by atoms with van der Waals surface area (Å²) in [7, 11) is 0. The Kier molecular flexibility index (Phi) is 3.49. The van der Waals surface area contributed by atoms with Gasteiger partial charge in [-0.3, -0.25) is 4.90 Å². The van der Waals surface area contributed by atoms with E-state index in [-0.39, 0.29) is 5.54 Å². The zero-order valence-electron chi connectivity index (χ0n) is 11.0. The van der Waals surface area contributed by atoms with E-state index in [0.29, 0.717) is 0 Å². The van der Waals surface area contributed by atoms with E-state index in [1.165, 1.54) is 11.1 Å². The summed E-state index contributed by atoms with van der Waals surface area (Å²) >= 11 is 6.07. The average molecular weight is 276 g/mol. The summed E-state index contributed by atoms with van der Waals surface area (Å²) in [4.78, 5) is 2.36. The molecule has 1 aromatic rings. The van der Waals surface area contributed by atoms with E-state index in [1.807, 2.05) is 12.1 Å². The molecular weight excluding hydrogens is 258 g/mol. The van der Waals surface area contributed by atoms with Gasteiger partial charge in [0.2, 0.25) is 0 Å². The van der Waals surface area contributed by atoms with Crippen molar-refractivity contribution in [2.24, 2.45) is 0 Å². The summed E-state index contributed by atoms with van der Waals surface area (Å²) in [6.45, 7) is 3.98. The second-order valence-electron chi connectivity index (χ2n) is 5.50. The summed E-state index contributed by atoms with van der Waals surface area (Å²) in [5.74, 6) is 0. The van der Waals surface area contributed by atoms with Gasteiger partial charge >= 0.3 is 0 Å². The Hall–Kier alpha value is -1.08. The van der Waals surface area contributed by atoms with Crippen LogP contribution in [0.5, 0.6) is 0 Å². The molecule has 1 heterocycles. The first-order valence-electron chi connectivity index (χ1n) is 6.88. The Balaban J connectivity index is 1.88. The van der Waals surface area contributed by atoms with Crippen molar-refractivity contribution in [3.63, 3.8) is 0 Å². The van der Waals surface area contributed by atoms with Crippen LogP contribution in [0, 0.1) is 11.3 Å². The van der Waals surface area contributed by atoms with Crippen molar-refractivity contribution in [3.05, 3.63) is 34.3 Å². The highest BCUT2D eigenvalue weighted by atomic mass is 35.5. The lowest BCUT2D eigenvalue weighted by Crippen LogP contribution is -2.50. The molecule has 1 aliphatic heterocycles. The first kappa shape index (κ1) is 12.9. The minimum absolute atomic E-state index is 0.362. The van der Waals surface area contributed by atoms with Gasteiger partial charge < -0.3 is 5.32 Å². The van der Waals surface area contributed by atoms with Crippen molar-refractivity contribution in [1.82, 2.24) is 10.2 Å². The first-order valence-corrected chi connectivity index (χ1v) is 7.26. The number of nitriles is 1. The Morgan fingerprint density at radius 3 is 2.89 bits per heavy atom. The summed E-state index contributed by atoms with van der Waals surface area (Å²) in [6.07, 6.45) is 2.75. The van der Waals surface area contributed by atoms with E-state index in [9.17, 15) is 5.26 Å². The number of nitrogens with one attached hydrogen (secondary N) is 1. The van der Waals surface area contributed by atoms with Crippen LogP contribution in [-0.4, -0.2) is 36.6 Å². The molecule has 3 nitrogen and oxygen atoms in total. The minimum Gasteiger partial charge on any atom is -0.315 e. The normalized spacial score (nSPS) is 27.6. The molecule has 19 heavy (non-hydrogen) atoms. The van der Waals surface area contributed by atoms with Crippen LogP contribution in [-0.2, 0) is 12.8 Å². The second kappa shape index (κ2) is 5.13. The molecule has 1 saturated heterocycles. The van der Waals surface area contributed by atoms with Crippen molar-refractivity contribution in [1.29, 1.82) is 5.26 Å². The fraction of sp³-hybridized carbons (Fsp3) is 0.533. The molecule has 0 amide bonds. The van der Waals surface area contributed by atoms with E-state index in [1.54, 1.807) is 0 Å². The lowest BCUT2D eigenvalue weighted by atomic mass is 9.95. The molecule has 1 fully saturated rings. The van der Waals surface area contributed by atoms with Gasteiger partial charge in [-0.1, -0.05) is 17.7 Å². The van der Waals surface area contributed by atoms with E-state index in [2.05, 4.69) is 22.4 Å². The van der Waals surface area contributed by atoms with Gasteiger partial charge in [0.05, 0.1) is 6.07 Å². The number of hydrogen-bond donors (Lipinski definition) is 1. The molecule has 1 atom stereocenters. The average Bonchev–Trinajstić information content (AvgIpc) is 2.61. The zero-order valence-corrected chi connectivity index (χ0v) is 11.7. The van der Waals surface area contributed by atoms with E-state index in [0.717, 1.165) is 50.5 Å². The highest BCUT2D eigenvalue weighted by Crippen LogP contribution is 2.35. The van der Waals surface area contributed by atoms with Gasteiger partial charge in [-0.15, -0.1) is 0 Å². The van der Waals surface area contributed by atoms with Crippen LogP contribution < -0.4 is 5.32 Å². The maximum atomic E-state index is 9.76. The van der Waals surface area contributed by atoms with E-state index < -0.39 is 0 Å². The molecule has 0 radical (unpaired) electrons. The van der Waals surface area contributed by atoms with Crippen LogP contribution in [0.4, 0.5) is 0 Å². The lowest BCUT2D eigenvalue weighted by Gasteiger charge is -2.34. The van der Waals surface area contributed by atoms with Crippen molar-refractivity contribution >= 4 is 11.6 Å². The Morgan fingerprint density at radius 2 is 2.05 bits per heavy atom. The molecule has 1 N–H and O–H groups in total. The van der Waals surface area contributed by atoms with Crippen LogP contribution in [0.15, 0.2) is 18.2 Å². The predicted molar refractivity (Wildman–Crippen MR) is 76.3 cm³/mol. The molecule has 0 saturated carbocycles. The highest BCUT2D eigenvalue weighted by molar-refractivity contribution is 6.30. The quantitative estimate of drug-likeness (QED) is 0.852. The van der Waals surface area contributed by atoms with Gasteiger partial charge in [0.1, 0.15) is 5.54 Å². The Labute approximate surface area is 119 Å². The first-order chi connectivity index (χ1) is 9.23. The molecule has 1 unspecified atom stereocenters. The molecule has 3 rings (SSSR count). The summed E-state index contributed by atoms with van der Waals surface area (Å²) < 4.78 is 0. The fourth-order valence-corrected chi connectivity index (χ4v) is 3.47. The highest BCUT2D eigenvalue weighted by Gasteiger charge is 2.42. The molecule has 0 spiro atoms. The smallest absolute Gasteiger partial charge is 0.117 e. The maximum Gasteiger partial charge on any atom is 0.117 e. The Bertz CT molecular complexity index is 515. The molecule has 2 aliphatic rings. The summed E-state index contributed by atoms with van der Waals surface area (Å²) in [6, 6.07) is 8.62. The van der Waals surface area contributed by atoms with E-state index in [4.69, 9.17) is 11.6 Å². The number of hydrogen-bond acceptors (Lipinski definition) is 3. The van der Waals surface area contributed by atoms with Gasteiger partial charge in [0, 0.05) is 37.5 Å².